The summed E-state index contributed by atoms with van der Waals surface area (Å²) in [5, 5.41) is 0. The van der Waals surface area contributed by atoms with E-state index in [0.717, 1.165) is 0 Å². The molecule has 0 fully saturated rings. The molecule has 4 heteroatoms. The van der Waals surface area contributed by atoms with Gasteiger partial charge in [-0.25, -0.2) is 0 Å². The minimum atomic E-state index is -0.296. The van der Waals surface area contributed by atoms with Gasteiger partial charge in [0.1, 0.15) is 0 Å². The minimum absolute atomic E-state index is 0.134. The second-order valence-corrected chi connectivity index (χ2v) is 4.86. The number of carbonyl (C=O) groups is 1. The zero-order chi connectivity index (χ0) is 5.15. The molecule has 6 heavy (non-hydrogen) atoms. The summed E-state index contributed by atoms with van der Waals surface area (Å²) in [4.78, 5) is 9.89. The molecule has 0 bridgehead atoms. The van der Waals surface area contributed by atoms with Crippen molar-refractivity contribution in [2.24, 2.45) is 5.73 Å². The van der Waals surface area contributed by atoms with Crippen LogP contribution in [0.4, 0.5) is 0 Å². The molecule has 0 atom stereocenters. The van der Waals surface area contributed by atoms with E-state index in [9.17, 15) is 4.79 Å². The van der Waals surface area contributed by atoms with Gasteiger partial charge in [0.25, 0.3) is 0 Å². The quantitative estimate of drug-likeness (QED) is 0.508. The van der Waals surface area contributed by atoms with E-state index in [-0.39, 0.29) is 9.62 Å². The van der Waals surface area contributed by atoms with E-state index in [1.807, 2.05) is 0 Å². The van der Waals surface area contributed by atoms with Gasteiger partial charge in [0.2, 0.25) is 0 Å². The van der Waals surface area contributed by atoms with Crippen molar-refractivity contribution in [2.45, 2.75) is 3.71 Å². The Labute approximate surface area is 52.5 Å². The molecule has 1 amide bonds. The van der Waals surface area contributed by atoms with Crippen molar-refractivity contribution in [3.8, 4) is 0 Å². The first-order valence-electron chi connectivity index (χ1n) is 1.30. The molecule has 0 unspecified atom stereocenters. The molecule has 0 rings (SSSR count). The maximum absolute atomic E-state index is 9.89. The summed E-state index contributed by atoms with van der Waals surface area (Å²) >= 11 is 4.28. The average molecular weight is 217 g/mol. The van der Waals surface area contributed by atoms with Gasteiger partial charge in [-0.3, -0.25) is 0 Å². The number of hydrogen-bond donors (Lipinski definition) is 1. The Kier molecular flexibility index (Phi) is 2.87. The number of hydrogen-bond acceptors (Lipinski definition) is 1. The third kappa shape index (κ3) is 2.73. The molecular formula is C2H5NOSe2. The summed E-state index contributed by atoms with van der Waals surface area (Å²) in [6, 6.07) is 0. The number of primary amides is 1. The Hall–Kier alpha value is 0.509. The third-order valence-corrected chi connectivity index (χ3v) is 1.32. The van der Waals surface area contributed by atoms with Crippen LogP contribution < -0.4 is 5.73 Å². The molecule has 0 aromatic carbocycles. The zero-order valence-corrected chi connectivity index (χ0v) is 6.71. The van der Waals surface area contributed by atoms with Crippen LogP contribution in [-0.2, 0) is 4.79 Å². The molecule has 2 nitrogen and oxygen atoms in total. The van der Waals surface area contributed by atoms with Crippen LogP contribution in [0, 0.1) is 0 Å². The number of amides is 1. The van der Waals surface area contributed by atoms with Crippen molar-refractivity contribution in [2.75, 3.05) is 0 Å². The molecule has 0 heterocycles. The van der Waals surface area contributed by atoms with Crippen LogP contribution in [0.25, 0.3) is 0 Å². The fourth-order valence-electron chi connectivity index (χ4n) is 0. The SMILES string of the molecule is NC(=O)C([SeH])[SeH]. The average Bonchev–Trinajstić information content (AvgIpc) is 1.36. The van der Waals surface area contributed by atoms with E-state index >= 15 is 0 Å². The topological polar surface area (TPSA) is 43.1 Å². The molecule has 0 aromatic rings. The van der Waals surface area contributed by atoms with E-state index in [1.54, 1.807) is 0 Å². The van der Waals surface area contributed by atoms with Crippen LogP contribution in [0.3, 0.4) is 0 Å². The summed E-state index contributed by atoms with van der Waals surface area (Å²) in [6.07, 6.45) is 0. The Bertz CT molecular complexity index is 62.6. The van der Waals surface area contributed by atoms with Crippen molar-refractivity contribution in [3.05, 3.63) is 0 Å². The normalized spacial score (nSPS) is 9.17. The first kappa shape index (κ1) is 6.51. The predicted molar refractivity (Wildman–Crippen MR) is 27.2 cm³/mol. The van der Waals surface area contributed by atoms with E-state index < -0.39 is 0 Å². The van der Waals surface area contributed by atoms with Crippen LogP contribution in [0.5, 0.6) is 0 Å². The van der Waals surface area contributed by atoms with Crippen molar-refractivity contribution >= 4 is 37.9 Å². The number of carbonyl (C=O) groups excluding carboxylic acids is 1. The van der Waals surface area contributed by atoms with Gasteiger partial charge < -0.3 is 0 Å². The number of rotatable bonds is 1. The molecule has 0 spiro atoms. The van der Waals surface area contributed by atoms with Crippen LogP contribution in [0.1, 0.15) is 0 Å². The fourth-order valence-corrected chi connectivity index (χ4v) is 0. The maximum atomic E-state index is 9.89. The molecule has 0 radical (unpaired) electrons. The fraction of sp³-hybridized carbons (Fsp3) is 0.500. The van der Waals surface area contributed by atoms with Crippen LogP contribution in [0.15, 0.2) is 0 Å². The van der Waals surface area contributed by atoms with E-state index in [4.69, 9.17) is 5.73 Å². The molecule has 0 saturated carbocycles. The number of nitrogens with two attached hydrogens (primary N) is 1. The molecule has 2 N–H and O–H groups in total. The second-order valence-electron chi connectivity index (χ2n) is 0.776. The van der Waals surface area contributed by atoms with Crippen molar-refractivity contribution in [3.63, 3.8) is 0 Å². The predicted octanol–water partition coefficient (Wildman–Crippen LogP) is -1.98. The van der Waals surface area contributed by atoms with E-state index in [0.29, 0.717) is 0 Å². The molecule has 0 saturated heterocycles. The summed E-state index contributed by atoms with van der Waals surface area (Å²) in [6.45, 7) is 0. The van der Waals surface area contributed by atoms with Gasteiger partial charge in [-0.2, -0.15) is 0 Å². The Morgan fingerprint density at radius 2 is 1.83 bits per heavy atom. The molecule has 0 aliphatic heterocycles. The van der Waals surface area contributed by atoms with Crippen molar-refractivity contribution < 1.29 is 4.79 Å². The van der Waals surface area contributed by atoms with Gasteiger partial charge in [0, 0.05) is 0 Å². The summed E-state index contributed by atoms with van der Waals surface area (Å²) < 4.78 is -0.134. The van der Waals surface area contributed by atoms with Gasteiger partial charge in [0.05, 0.1) is 0 Å². The molecule has 0 aromatic heterocycles. The molecule has 0 aliphatic rings. The Morgan fingerprint density at radius 3 is 1.83 bits per heavy atom. The van der Waals surface area contributed by atoms with Crippen LogP contribution >= 0.6 is 0 Å². The first-order valence-corrected chi connectivity index (χ1v) is 3.46. The van der Waals surface area contributed by atoms with Gasteiger partial charge in [-0.15, -0.1) is 0 Å². The first-order chi connectivity index (χ1) is 2.64. The monoisotopic (exact) mass is 219 g/mol. The summed E-state index contributed by atoms with van der Waals surface area (Å²) in [5.41, 5.74) is 4.77. The zero-order valence-electron chi connectivity index (χ0n) is 2.96. The van der Waals surface area contributed by atoms with Crippen LogP contribution in [0.2, 0.25) is 3.71 Å². The Morgan fingerprint density at radius 1 is 1.67 bits per heavy atom. The van der Waals surface area contributed by atoms with Crippen LogP contribution in [-0.4, -0.2) is 37.9 Å². The molecule has 0 aliphatic carbocycles. The van der Waals surface area contributed by atoms with Gasteiger partial charge >= 0.3 is 52.2 Å². The van der Waals surface area contributed by atoms with Gasteiger partial charge in [-0.1, -0.05) is 0 Å². The molecular weight excluding hydrogens is 212 g/mol. The Balaban J connectivity index is 3.26. The van der Waals surface area contributed by atoms with E-state index in [2.05, 4.69) is 32.0 Å². The van der Waals surface area contributed by atoms with Gasteiger partial charge in [-0.05, 0) is 0 Å². The van der Waals surface area contributed by atoms with Crippen molar-refractivity contribution in [1.29, 1.82) is 0 Å². The summed E-state index contributed by atoms with van der Waals surface area (Å²) in [7, 11) is 0. The van der Waals surface area contributed by atoms with E-state index in [1.165, 1.54) is 0 Å². The van der Waals surface area contributed by atoms with Gasteiger partial charge in [0.15, 0.2) is 0 Å². The third-order valence-electron chi connectivity index (χ3n) is 0.254. The van der Waals surface area contributed by atoms with Crippen molar-refractivity contribution in [1.82, 2.24) is 0 Å². The summed E-state index contributed by atoms with van der Waals surface area (Å²) in [5.74, 6) is -0.296. The standard InChI is InChI=1S/C2H5NOSe2/c3-1(4)2(5)6/h2,5-6H,(H2,3,4). The second kappa shape index (κ2) is 2.64. The molecule has 36 valence electrons.